The minimum Gasteiger partial charge on any atom is -0.329 e. The van der Waals surface area contributed by atoms with Crippen LogP contribution in [0.1, 0.15) is 0 Å². The first kappa shape index (κ1) is 11.4. The third-order valence-corrected chi connectivity index (χ3v) is 0.607. The van der Waals surface area contributed by atoms with Gasteiger partial charge in [0, 0.05) is 7.11 Å². The average molecular weight is 415 g/mol. The number of halogens is 4. The van der Waals surface area contributed by atoms with E-state index < -0.39 is 12.2 Å². The predicted octanol–water partition coefficient (Wildman–Crippen LogP) is 0.811. The van der Waals surface area contributed by atoms with Gasteiger partial charge in [0.05, 0.1) is 0 Å². The monoisotopic (exact) mass is 415 g/mol. The van der Waals surface area contributed by atoms with Crippen LogP contribution in [0.25, 0.3) is 0 Å². The number of methoxy groups -OCH3 is 1. The molecule has 0 aromatic carbocycles. The Hall–Kier alpha value is -1.36. The van der Waals surface area contributed by atoms with Crippen molar-refractivity contribution in [2.45, 2.75) is 12.2 Å². The van der Waals surface area contributed by atoms with Gasteiger partial charge >= 0.3 is 12.2 Å². The summed E-state index contributed by atoms with van der Waals surface area (Å²) in [5.41, 5.74) is 0. The summed E-state index contributed by atoms with van der Waals surface area (Å²) in [7, 11) is 0.365. The maximum Gasteiger partial charge on any atom is 0.447 e. The van der Waals surface area contributed by atoms with Gasteiger partial charge in [-0.1, -0.05) is 0 Å². The molecule has 0 spiro atoms. The third-order valence-electron chi connectivity index (χ3n) is 0.607. The predicted molar refractivity (Wildman–Crippen MR) is 19.1 cm³/mol. The molecule has 1 N–H and O–H groups in total. The largest absolute Gasteiger partial charge is 0.447 e. The van der Waals surface area contributed by atoms with Crippen LogP contribution in [0.3, 0.4) is 0 Å². The number of ether oxygens (including phenoxy) is 1. The molecule has 0 saturated carbocycles. The van der Waals surface area contributed by atoms with Crippen LogP contribution < -0.4 is 0 Å². The molecule has 0 saturated heterocycles. The summed E-state index contributed by atoms with van der Waals surface area (Å²) >= 11 is 0. The van der Waals surface area contributed by atoms with Crippen molar-refractivity contribution in [3.63, 3.8) is 0 Å². The average Bonchev–Trinajstić information content (AvgIpc) is 1.64. The van der Waals surface area contributed by atoms with Crippen LogP contribution in [0.2, 0.25) is 0 Å². The molecule has 2 nitrogen and oxygen atoms in total. The van der Waals surface area contributed by atoms with Gasteiger partial charge in [0.1, 0.15) is 0 Å². The van der Waals surface area contributed by atoms with Crippen molar-refractivity contribution in [1.82, 2.24) is 0 Å². The normalized spacial score (nSPS) is 12.6. The Morgan fingerprint density at radius 1 is 1.20 bits per heavy atom. The molecule has 0 aromatic heterocycles. The van der Waals surface area contributed by atoms with Crippen LogP contribution in [0.4, 0.5) is 17.6 Å². The zero-order valence-electron chi connectivity index (χ0n) is 5.07. The first-order valence-electron chi connectivity index (χ1n) is 1.84. The van der Waals surface area contributed by atoms with Gasteiger partial charge in [-0.25, -0.2) is 0 Å². The van der Waals surface area contributed by atoms with Crippen molar-refractivity contribution in [3.8, 4) is 0 Å². The van der Waals surface area contributed by atoms with E-state index in [-0.39, 0.29) is 0 Å². The molecule has 0 aliphatic carbocycles. The van der Waals surface area contributed by atoms with E-state index in [4.69, 9.17) is 5.11 Å². The number of hydrogen-bond donors (Lipinski definition) is 1. The molecule has 0 aromatic rings. The molecule has 0 atom stereocenters. The van der Waals surface area contributed by atoms with Crippen molar-refractivity contribution in [3.05, 3.63) is 0 Å². The Kier molecular flexibility index (Phi) is 2.84. The molecule has 10 heavy (non-hydrogen) atoms. The van der Waals surface area contributed by atoms with Crippen molar-refractivity contribution >= 4 is 0 Å². The van der Waals surface area contributed by atoms with Crippen LogP contribution in [0, 0.1) is 0 Å². The fraction of sp³-hybridized carbons (Fsp3) is 1.00. The van der Waals surface area contributed by atoms with Gasteiger partial charge < -0.3 is 9.84 Å². The maximum absolute atomic E-state index is 11.4. The Balaban J connectivity index is 0. The minimum absolute atomic E-state index is 0. The van der Waals surface area contributed by atoms with Crippen molar-refractivity contribution in [2.75, 3.05) is 7.11 Å². The summed E-state index contributed by atoms with van der Waals surface area (Å²) < 4.78 is 48.2. The number of hydrogen-bond acceptors (Lipinski definition) is 2. The van der Waals surface area contributed by atoms with Gasteiger partial charge in [-0.3, -0.25) is 0 Å². The summed E-state index contributed by atoms with van der Waals surface area (Å²) in [6, 6.07) is 0. The van der Waals surface area contributed by atoms with E-state index in [1.54, 1.807) is 0 Å². The zero-order valence-corrected chi connectivity index (χ0v) is 11.5. The molecule has 0 fully saturated rings. The van der Waals surface area contributed by atoms with Gasteiger partial charge in [-0.05, 0) is 0 Å². The molecule has 0 bridgehead atoms. The molecule has 0 radical (unpaired) electrons. The molecule has 58 valence electrons. The summed E-state index contributed by atoms with van der Waals surface area (Å²) in [5.74, 6) is 0. The topological polar surface area (TPSA) is 29.5 Å². The van der Waals surface area contributed by atoms with E-state index >= 15 is 0 Å². The van der Waals surface area contributed by atoms with Crippen LogP contribution in [0.15, 0.2) is 0 Å². The van der Waals surface area contributed by atoms with Crippen molar-refractivity contribution in [2.24, 2.45) is 0 Å². The summed E-state index contributed by atoms with van der Waals surface area (Å²) in [4.78, 5) is 0. The SMILES string of the molecule is COC(F)(F)C(O)(F)F.[Rf]. The summed E-state index contributed by atoms with van der Waals surface area (Å²) in [6.07, 6.45) is -9.91. The van der Waals surface area contributed by atoms with Gasteiger partial charge in [0.2, 0.25) is 0 Å². The Morgan fingerprint density at radius 3 is 1.50 bits per heavy atom. The second kappa shape index (κ2) is 2.49. The first-order valence-corrected chi connectivity index (χ1v) is 1.84. The Morgan fingerprint density at radius 2 is 1.50 bits per heavy atom. The first-order chi connectivity index (χ1) is 3.81. The van der Waals surface area contributed by atoms with E-state index in [1.165, 1.54) is 0 Å². The smallest absolute Gasteiger partial charge is 0.329 e. The van der Waals surface area contributed by atoms with Gasteiger partial charge in [0.25, 0.3) is 0 Å². The standard InChI is InChI=1S/C3H4F4O2.Rf/c1-9-3(6,7)2(4,5)8;/h8H,1H3;. The number of aliphatic hydroxyl groups is 1. The fourth-order valence-corrected chi connectivity index (χ4v) is 0.123. The summed E-state index contributed by atoms with van der Waals surface area (Å²) in [6.45, 7) is 0. The maximum atomic E-state index is 11.4. The van der Waals surface area contributed by atoms with Crippen molar-refractivity contribution in [1.29, 1.82) is 0 Å². The van der Waals surface area contributed by atoms with E-state index in [0.717, 1.165) is 0 Å². The fourth-order valence-electron chi connectivity index (χ4n) is 0.123. The molecule has 0 amide bonds. The zero-order chi connectivity index (χ0) is 7.71. The second-order valence-electron chi connectivity index (χ2n) is 1.26. The summed E-state index contributed by atoms with van der Waals surface area (Å²) in [5, 5.41) is 7.34. The molecule has 0 aliphatic rings. The molecular weight excluding hydrogens is 411 g/mol. The van der Waals surface area contributed by atoms with Crippen LogP contribution >= 0.6 is 0 Å². The molecule has 0 rings (SSSR count). The Bertz CT molecular complexity index is 101. The van der Waals surface area contributed by atoms with E-state index in [0.29, 0.717) is 7.11 Å². The quantitative estimate of drug-likeness (QED) is 0.677. The van der Waals surface area contributed by atoms with E-state index in [9.17, 15) is 17.6 Å². The van der Waals surface area contributed by atoms with E-state index in [2.05, 4.69) is 4.74 Å². The van der Waals surface area contributed by atoms with Crippen LogP contribution in [-0.4, -0.2) is 24.4 Å². The van der Waals surface area contributed by atoms with Crippen LogP contribution in [-0.2, 0) is 4.74 Å². The molecular formula is C3H4F4O2Rf. The van der Waals surface area contributed by atoms with Crippen molar-refractivity contribution < 1.29 is 27.4 Å². The minimum atomic E-state index is -5.11. The third kappa shape index (κ3) is 1.87. The van der Waals surface area contributed by atoms with Gasteiger partial charge in [-0.2, -0.15) is 17.6 Å². The molecule has 0 heterocycles. The molecule has 0 aliphatic heterocycles. The molecule has 0 unspecified atom stereocenters. The number of alkyl halides is 4. The van der Waals surface area contributed by atoms with Gasteiger partial charge in [0.15, 0.2) is 0 Å². The van der Waals surface area contributed by atoms with E-state index in [1.807, 2.05) is 0 Å². The Labute approximate surface area is 48.0 Å². The van der Waals surface area contributed by atoms with Gasteiger partial charge in [-0.15, -0.1) is 0 Å². The van der Waals surface area contributed by atoms with Crippen LogP contribution in [0.5, 0.6) is 0 Å². The molecule has 7 heteroatoms. The second-order valence-corrected chi connectivity index (χ2v) is 1.26. The number of rotatable bonds is 2.